The van der Waals surface area contributed by atoms with Crippen LogP contribution >= 0.6 is 0 Å². The van der Waals surface area contributed by atoms with E-state index in [9.17, 15) is 67.7 Å². The fourth-order valence-corrected chi connectivity index (χ4v) is 8.79. The average molecular weight is 1060 g/mol. The van der Waals surface area contributed by atoms with Gasteiger partial charge in [0.05, 0.1) is 25.9 Å². The van der Waals surface area contributed by atoms with Gasteiger partial charge in [0.25, 0.3) is 0 Å². The van der Waals surface area contributed by atoms with Crippen molar-refractivity contribution in [3.05, 3.63) is 29.8 Å². The molecule has 2 aliphatic rings. The molecule has 75 heavy (non-hydrogen) atoms. The van der Waals surface area contributed by atoms with Gasteiger partial charge in [-0.3, -0.25) is 57.5 Å². The number of hydrogen-bond acceptors (Lipinski definition) is 14. The predicted molar refractivity (Wildman–Crippen MR) is 268 cm³/mol. The maximum Gasteiger partial charge on any atom is 0.245 e. The lowest BCUT2D eigenvalue weighted by Crippen LogP contribution is -2.60. The Morgan fingerprint density at radius 2 is 1.00 bits per heavy atom. The second kappa shape index (κ2) is 32.0. The number of aliphatic hydroxyl groups is 1. The molecular weight excluding hydrogens is 981 g/mol. The number of nitrogens with one attached hydrogen (secondary N) is 7. The van der Waals surface area contributed by atoms with Crippen LogP contribution in [0.2, 0.25) is 0 Å². The van der Waals surface area contributed by atoms with Gasteiger partial charge in [-0.2, -0.15) is 0 Å². The van der Waals surface area contributed by atoms with E-state index in [2.05, 4.69) is 44.1 Å². The first-order valence-electron chi connectivity index (χ1n) is 25.6. The van der Waals surface area contributed by atoms with Gasteiger partial charge in [0.2, 0.25) is 70.9 Å². The van der Waals surface area contributed by atoms with E-state index in [1.165, 1.54) is 30.7 Å². The highest BCUT2D eigenvalue weighted by molar-refractivity contribution is 6.00. The third-order valence-electron chi connectivity index (χ3n) is 12.8. The normalized spacial score (nSPS) is 23.9. The number of primary amides is 4. The Bertz CT molecular complexity index is 2180. The standard InChI is InChI=1S/C49H76N12O14/c1-2-3-4-5-6-7-8-9-10-11-13-29-23-42(68)55-33(24-39(51)65)44(70)57-32(22-28-15-17-30(63)18-16-28)43(69)58-34(25-40(52)66)45(71)56-31(19-20-38(50)64)49(75)61-21-12-14-37(61)48(74)59-35(26-41(53)67)46(72)60-36(27-62)47(73)54-29/h15-18,29,31-37,62-63H,2-14,19-27H2,1H3,(H2,50,64)(H2,51,65)(H2,52,66)(H2,53,67)(H,54,73)(H,55,68)(H,56,71)(H,57,70)(H,58,69)(H,59,74)(H,60,72)/t29?,31?,32-,33?,34?,35?,36+,37+/m1/s1. The van der Waals surface area contributed by atoms with E-state index in [0.29, 0.717) is 18.4 Å². The number of aliphatic hydroxyl groups excluding tert-OH is 1. The first-order chi connectivity index (χ1) is 35.6. The summed E-state index contributed by atoms with van der Waals surface area (Å²) in [5.74, 6) is -12.6. The van der Waals surface area contributed by atoms with Gasteiger partial charge in [-0.05, 0) is 43.4 Å². The summed E-state index contributed by atoms with van der Waals surface area (Å²) >= 11 is 0. The molecule has 17 N–H and O–H groups in total. The number of fused-ring (bicyclic) bond motifs is 1. The van der Waals surface area contributed by atoms with Crippen LogP contribution in [-0.2, 0) is 64.0 Å². The van der Waals surface area contributed by atoms with Crippen LogP contribution in [0.4, 0.5) is 0 Å². The molecule has 416 valence electrons. The van der Waals surface area contributed by atoms with E-state index in [-0.39, 0.29) is 38.0 Å². The Morgan fingerprint density at radius 3 is 1.52 bits per heavy atom. The molecule has 2 aliphatic heterocycles. The third kappa shape index (κ3) is 22.3. The largest absolute Gasteiger partial charge is 0.508 e. The minimum absolute atomic E-state index is 0.00342. The topological polar surface area (TPSA) is 437 Å². The van der Waals surface area contributed by atoms with Crippen LogP contribution in [0.1, 0.15) is 134 Å². The number of phenolic OH excluding ortho intramolecular Hbond substituents is 1. The van der Waals surface area contributed by atoms with Crippen LogP contribution in [0, 0.1) is 0 Å². The van der Waals surface area contributed by atoms with Gasteiger partial charge in [0.15, 0.2) is 0 Å². The van der Waals surface area contributed by atoms with E-state index in [0.717, 1.165) is 49.8 Å². The number of rotatable bonds is 23. The predicted octanol–water partition coefficient (Wildman–Crippen LogP) is -3.08. The van der Waals surface area contributed by atoms with Gasteiger partial charge in [0, 0.05) is 31.8 Å². The molecule has 1 aromatic rings. The number of hydrogen-bond donors (Lipinski definition) is 13. The average Bonchev–Trinajstić information content (AvgIpc) is 3.84. The SMILES string of the molecule is CCCCCCCCCCCCC1CC(=O)NC(CC(N)=O)C(=O)N[C@H](Cc2ccc(O)cc2)C(=O)NC(CC(N)=O)C(=O)NC(CCC(N)=O)C(=O)N2CCC[C@H]2C(=O)NC(CC(N)=O)C(=O)N[C@@H](CO)C(=O)N1. The van der Waals surface area contributed by atoms with Crippen molar-refractivity contribution >= 4 is 70.9 Å². The molecule has 26 heteroatoms. The number of carbonyl (C=O) groups is 12. The molecular formula is C49H76N12O14. The third-order valence-corrected chi connectivity index (χ3v) is 12.8. The molecule has 0 saturated carbocycles. The van der Waals surface area contributed by atoms with Crippen molar-refractivity contribution in [2.24, 2.45) is 22.9 Å². The van der Waals surface area contributed by atoms with Crippen LogP contribution in [0.15, 0.2) is 24.3 Å². The zero-order valence-corrected chi connectivity index (χ0v) is 42.5. The first-order valence-corrected chi connectivity index (χ1v) is 25.6. The zero-order chi connectivity index (χ0) is 55.6. The van der Waals surface area contributed by atoms with Gasteiger partial charge < -0.3 is 75.3 Å². The number of nitrogens with zero attached hydrogens (tertiary/aromatic N) is 1. The molecule has 0 radical (unpaired) electrons. The molecule has 8 atom stereocenters. The molecule has 2 saturated heterocycles. The highest BCUT2D eigenvalue weighted by atomic mass is 16.3. The number of unbranched alkanes of at least 4 members (excludes halogenated alkanes) is 9. The fourth-order valence-electron chi connectivity index (χ4n) is 8.79. The van der Waals surface area contributed by atoms with Gasteiger partial charge in [-0.25, -0.2) is 0 Å². The highest BCUT2D eigenvalue weighted by Crippen LogP contribution is 2.21. The maximum absolute atomic E-state index is 14.3. The summed E-state index contributed by atoms with van der Waals surface area (Å²) in [6.45, 7) is 1.05. The van der Waals surface area contributed by atoms with Crippen LogP contribution in [0.3, 0.4) is 0 Å². The Kier molecular flexibility index (Phi) is 26.5. The summed E-state index contributed by atoms with van der Waals surface area (Å²) in [4.78, 5) is 162. The van der Waals surface area contributed by atoms with E-state index in [1.807, 2.05) is 0 Å². The van der Waals surface area contributed by atoms with Crippen molar-refractivity contribution < 1.29 is 67.7 Å². The second-order valence-corrected chi connectivity index (χ2v) is 19.1. The lowest BCUT2D eigenvalue weighted by molar-refractivity contribution is -0.143. The van der Waals surface area contributed by atoms with Crippen LogP contribution < -0.4 is 60.2 Å². The molecule has 26 nitrogen and oxygen atoms in total. The number of carbonyl (C=O) groups excluding carboxylic acids is 12. The van der Waals surface area contributed by atoms with Gasteiger partial charge in [-0.1, -0.05) is 83.3 Å². The summed E-state index contributed by atoms with van der Waals surface area (Å²) in [5.41, 5.74) is 22.2. The molecule has 0 spiro atoms. The molecule has 0 aliphatic carbocycles. The van der Waals surface area contributed by atoms with Gasteiger partial charge >= 0.3 is 0 Å². The van der Waals surface area contributed by atoms with Crippen LogP contribution in [-0.4, -0.2) is 147 Å². The van der Waals surface area contributed by atoms with E-state index >= 15 is 0 Å². The number of nitrogens with two attached hydrogens (primary N) is 4. The van der Waals surface area contributed by atoms with Gasteiger partial charge in [-0.15, -0.1) is 0 Å². The van der Waals surface area contributed by atoms with Crippen LogP contribution in [0.25, 0.3) is 0 Å². The van der Waals surface area contributed by atoms with Crippen molar-refractivity contribution in [3.8, 4) is 5.75 Å². The molecule has 12 amide bonds. The minimum atomic E-state index is -1.86. The Labute approximate surface area is 435 Å². The first kappa shape index (κ1) is 61.9. The van der Waals surface area contributed by atoms with Crippen molar-refractivity contribution in [1.29, 1.82) is 0 Å². The maximum atomic E-state index is 14.3. The molecule has 3 rings (SSSR count). The molecule has 0 bridgehead atoms. The monoisotopic (exact) mass is 1060 g/mol. The van der Waals surface area contributed by atoms with Crippen molar-refractivity contribution in [2.45, 2.75) is 184 Å². The smallest absolute Gasteiger partial charge is 0.245 e. The number of aromatic hydroxyl groups is 1. The van der Waals surface area contributed by atoms with E-state index in [4.69, 9.17) is 22.9 Å². The van der Waals surface area contributed by atoms with Crippen molar-refractivity contribution in [3.63, 3.8) is 0 Å². The Morgan fingerprint density at radius 1 is 0.547 bits per heavy atom. The van der Waals surface area contributed by atoms with Crippen LogP contribution in [0.5, 0.6) is 5.75 Å². The zero-order valence-electron chi connectivity index (χ0n) is 42.5. The second-order valence-electron chi connectivity index (χ2n) is 19.1. The highest BCUT2D eigenvalue weighted by Gasteiger charge is 2.41. The van der Waals surface area contributed by atoms with E-state index < -0.39 is 164 Å². The fraction of sp³-hybridized carbons (Fsp3) is 0.633. The summed E-state index contributed by atoms with van der Waals surface area (Å²) in [5, 5.41) is 37.3. The Balaban J connectivity index is 2.11. The number of benzene rings is 1. The van der Waals surface area contributed by atoms with Crippen molar-refractivity contribution in [2.75, 3.05) is 13.2 Å². The molecule has 0 aromatic heterocycles. The minimum Gasteiger partial charge on any atom is -0.508 e. The molecule has 5 unspecified atom stereocenters. The van der Waals surface area contributed by atoms with E-state index in [1.54, 1.807) is 0 Å². The lowest BCUT2D eigenvalue weighted by atomic mass is 10.0. The lowest BCUT2D eigenvalue weighted by Gasteiger charge is -2.31. The summed E-state index contributed by atoms with van der Waals surface area (Å²) < 4.78 is 0. The number of amides is 12. The molecule has 2 heterocycles. The Hall–Kier alpha value is -7.38. The van der Waals surface area contributed by atoms with Gasteiger partial charge in [0.1, 0.15) is 48.0 Å². The quantitative estimate of drug-likeness (QED) is 0.0484. The molecule has 1 aromatic carbocycles. The summed E-state index contributed by atoms with van der Waals surface area (Å²) in [7, 11) is 0. The molecule has 2 fully saturated rings. The summed E-state index contributed by atoms with van der Waals surface area (Å²) in [6.07, 6.45) is 5.83. The number of phenols is 1. The van der Waals surface area contributed by atoms with Crippen molar-refractivity contribution in [1.82, 2.24) is 42.1 Å². The summed E-state index contributed by atoms with van der Waals surface area (Å²) in [6, 6.07) is -7.34.